The predicted octanol–water partition coefficient (Wildman–Crippen LogP) is 3.66. The summed E-state index contributed by atoms with van der Waals surface area (Å²) in [6.07, 6.45) is 0. The number of hydrogen-bond acceptors (Lipinski definition) is 4. The van der Waals surface area contributed by atoms with E-state index in [0.29, 0.717) is 36.0 Å². The molecular weight excluding hydrogens is 325 g/mol. The second kappa shape index (κ2) is 7.01. The summed E-state index contributed by atoms with van der Waals surface area (Å²) in [6, 6.07) is 9.47. The number of methoxy groups -OCH3 is 1. The molecule has 2 aromatic carbocycles. The van der Waals surface area contributed by atoms with Crippen molar-refractivity contribution in [2.24, 2.45) is 0 Å². The van der Waals surface area contributed by atoms with Crippen molar-refractivity contribution in [2.75, 3.05) is 25.2 Å². The van der Waals surface area contributed by atoms with Crippen LogP contribution in [0.15, 0.2) is 36.4 Å². The summed E-state index contributed by atoms with van der Waals surface area (Å²) in [5, 5.41) is 0. The highest BCUT2D eigenvalue weighted by Crippen LogP contribution is 2.36. The number of benzene rings is 2. The first-order valence-corrected chi connectivity index (χ1v) is 8.08. The molecule has 25 heavy (non-hydrogen) atoms. The van der Waals surface area contributed by atoms with Gasteiger partial charge in [0.15, 0.2) is 23.1 Å². The van der Waals surface area contributed by atoms with E-state index in [-0.39, 0.29) is 17.7 Å². The van der Waals surface area contributed by atoms with Crippen LogP contribution < -0.4 is 19.1 Å². The molecule has 1 aliphatic rings. The number of anilines is 1. The molecule has 6 heteroatoms. The van der Waals surface area contributed by atoms with Crippen LogP contribution in [0.2, 0.25) is 0 Å². The lowest BCUT2D eigenvalue weighted by molar-refractivity contribution is 0.0969. The highest BCUT2D eigenvalue weighted by Gasteiger charge is 2.27. The van der Waals surface area contributed by atoms with Crippen LogP contribution in [-0.2, 0) is 0 Å². The minimum atomic E-state index is -0.520. The lowest BCUT2D eigenvalue weighted by atomic mass is 10.1. The minimum Gasteiger partial charge on any atom is -0.494 e. The Balaban J connectivity index is 2.02. The highest BCUT2D eigenvalue weighted by atomic mass is 19.1. The Morgan fingerprint density at radius 3 is 2.64 bits per heavy atom. The first kappa shape index (κ1) is 17.1. The minimum absolute atomic E-state index is 0.133. The molecule has 0 spiro atoms. The van der Waals surface area contributed by atoms with Crippen LogP contribution in [0, 0.1) is 5.82 Å². The number of nitrogens with zero attached hydrogens (tertiary/aromatic N) is 1. The molecule has 0 atom stereocenters. The van der Waals surface area contributed by atoms with E-state index >= 15 is 0 Å². The van der Waals surface area contributed by atoms with Crippen molar-refractivity contribution < 1.29 is 23.4 Å². The fourth-order valence-electron chi connectivity index (χ4n) is 2.83. The fraction of sp³-hybridized carbons (Fsp3) is 0.316. The zero-order chi connectivity index (χ0) is 18.0. The topological polar surface area (TPSA) is 48.0 Å². The molecule has 3 rings (SSSR count). The van der Waals surface area contributed by atoms with Gasteiger partial charge in [0.05, 0.1) is 12.7 Å². The van der Waals surface area contributed by atoms with Crippen molar-refractivity contribution >= 4 is 11.6 Å². The van der Waals surface area contributed by atoms with E-state index in [0.717, 1.165) is 0 Å². The first-order chi connectivity index (χ1) is 12.0. The van der Waals surface area contributed by atoms with Crippen molar-refractivity contribution in [1.29, 1.82) is 0 Å². The van der Waals surface area contributed by atoms with E-state index in [2.05, 4.69) is 0 Å². The number of rotatable bonds is 4. The van der Waals surface area contributed by atoms with Gasteiger partial charge < -0.3 is 19.1 Å². The summed E-state index contributed by atoms with van der Waals surface area (Å²) in [4.78, 5) is 14.7. The van der Waals surface area contributed by atoms with Gasteiger partial charge in [-0.15, -0.1) is 0 Å². The van der Waals surface area contributed by atoms with Gasteiger partial charge in [-0.1, -0.05) is 6.07 Å². The van der Waals surface area contributed by atoms with Crippen molar-refractivity contribution in [3.05, 3.63) is 47.8 Å². The maximum Gasteiger partial charge on any atom is 0.262 e. The third-order valence-corrected chi connectivity index (χ3v) is 3.95. The van der Waals surface area contributed by atoms with Crippen LogP contribution in [0.25, 0.3) is 0 Å². The second-order valence-corrected chi connectivity index (χ2v) is 5.92. The van der Waals surface area contributed by atoms with Crippen LogP contribution in [0.4, 0.5) is 10.1 Å². The molecule has 0 radical (unpaired) electrons. The standard InChI is InChI=1S/C19H20FNO4/c1-12(2)21(13-7-8-16(23-3)15(20)11-13)19(22)14-5-4-6-17-18(14)25-10-9-24-17/h4-8,11-12H,9-10H2,1-3H3. The van der Waals surface area contributed by atoms with Crippen LogP contribution in [0.5, 0.6) is 17.2 Å². The average Bonchev–Trinajstić information content (AvgIpc) is 2.61. The molecule has 0 unspecified atom stereocenters. The second-order valence-electron chi connectivity index (χ2n) is 5.92. The number of carbonyl (C=O) groups is 1. The van der Waals surface area contributed by atoms with Gasteiger partial charge in [-0.2, -0.15) is 0 Å². The van der Waals surface area contributed by atoms with E-state index in [1.54, 1.807) is 24.3 Å². The number of amides is 1. The molecule has 0 fully saturated rings. The molecule has 1 amide bonds. The van der Waals surface area contributed by atoms with Crippen LogP contribution in [0.3, 0.4) is 0 Å². The van der Waals surface area contributed by atoms with Crippen molar-refractivity contribution in [3.8, 4) is 17.2 Å². The predicted molar refractivity (Wildman–Crippen MR) is 92.3 cm³/mol. The van der Waals surface area contributed by atoms with Gasteiger partial charge in [0, 0.05) is 17.8 Å². The van der Waals surface area contributed by atoms with Crippen LogP contribution >= 0.6 is 0 Å². The maximum atomic E-state index is 14.1. The van der Waals surface area contributed by atoms with Crippen LogP contribution in [-0.4, -0.2) is 32.3 Å². The fourth-order valence-corrected chi connectivity index (χ4v) is 2.83. The Morgan fingerprint density at radius 1 is 1.20 bits per heavy atom. The van der Waals surface area contributed by atoms with E-state index in [4.69, 9.17) is 14.2 Å². The lowest BCUT2D eigenvalue weighted by Crippen LogP contribution is -2.37. The van der Waals surface area contributed by atoms with Crippen molar-refractivity contribution in [1.82, 2.24) is 0 Å². The lowest BCUT2D eigenvalue weighted by Gasteiger charge is -2.29. The summed E-state index contributed by atoms with van der Waals surface area (Å²) in [7, 11) is 1.40. The largest absolute Gasteiger partial charge is 0.494 e. The molecule has 2 aromatic rings. The quantitative estimate of drug-likeness (QED) is 0.848. The van der Waals surface area contributed by atoms with Crippen molar-refractivity contribution in [3.63, 3.8) is 0 Å². The smallest absolute Gasteiger partial charge is 0.262 e. The molecule has 0 bridgehead atoms. The van der Waals surface area contributed by atoms with Gasteiger partial charge in [0.2, 0.25) is 0 Å². The van der Waals surface area contributed by atoms with Gasteiger partial charge >= 0.3 is 0 Å². The van der Waals surface area contributed by atoms with Gasteiger partial charge in [-0.25, -0.2) is 4.39 Å². The van der Waals surface area contributed by atoms with Gasteiger partial charge in [0.1, 0.15) is 13.2 Å². The normalized spacial score (nSPS) is 12.8. The maximum absolute atomic E-state index is 14.1. The van der Waals surface area contributed by atoms with Crippen LogP contribution in [0.1, 0.15) is 24.2 Å². The molecule has 0 saturated carbocycles. The van der Waals surface area contributed by atoms with Gasteiger partial charge in [0.25, 0.3) is 5.91 Å². The summed E-state index contributed by atoms with van der Waals surface area (Å²) in [5.41, 5.74) is 0.842. The van der Waals surface area contributed by atoms with E-state index in [9.17, 15) is 9.18 Å². The number of halogens is 1. The summed E-state index contributed by atoms with van der Waals surface area (Å²) < 4.78 is 30.2. The number of para-hydroxylation sites is 1. The Hall–Kier alpha value is -2.76. The molecule has 132 valence electrons. The summed E-state index contributed by atoms with van der Waals surface area (Å²) in [5.74, 6) is 0.309. The van der Waals surface area contributed by atoms with Gasteiger partial charge in [-0.05, 0) is 38.1 Å². The zero-order valence-electron chi connectivity index (χ0n) is 14.4. The van der Waals surface area contributed by atoms with E-state index in [1.165, 1.54) is 24.1 Å². The molecule has 0 aliphatic carbocycles. The summed E-state index contributed by atoms with van der Waals surface area (Å²) in [6.45, 7) is 4.57. The Kier molecular flexibility index (Phi) is 4.79. The third-order valence-electron chi connectivity index (χ3n) is 3.95. The Labute approximate surface area is 145 Å². The summed E-state index contributed by atoms with van der Waals surface area (Å²) >= 11 is 0. The molecular formula is C19H20FNO4. The number of fused-ring (bicyclic) bond motifs is 1. The molecule has 0 aromatic heterocycles. The molecule has 0 N–H and O–H groups in total. The van der Waals surface area contributed by atoms with Crippen molar-refractivity contribution in [2.45, 2.75) is 19.9 Å². The third kappa shape index (κ3) is 3.24. The molecule has 1 heterocycles. The molecule has 1 aliphatic heterocycles. The first-order valence-electron chi connectivity index (χ1n) is 8.08. The highest BCUT2D eigenvalue weighted by molar-refractivity contribution is 6.08. The Morgan fingerprint density at radius 2 is 1.96 bits per heavy atom. The molecule has 0 saturated heterocycles. The monoisotopic (exact) mass is 345 g/mol. The number of hydrogen-bond donors (Lipinski definition) is 0. The molecule has 5 nitrogen and oxygen atoms in total. The average molecular weight is 345 g/mol. The zero-order valence-corrected chi connectivity index (χ0v) is 14.4. The SMILES string of the molecule is COc1ccc(N(C(=O)c2cccc3c2OCCO3)C(C)C)cc1F. The van der Waals surface area contributed by atoms with E-state index < -0.39 is 5.82 Å². The van der Waals surface area contributed by atoms with E-state index in [1.807, 2.05) is 13.8 Å². The number of ether oxygens (including phenoxy) is 3. The number of carbonyl (C=O) groups excluding carboxylic acids is 1. The Bertz CT molecular complexity index is 791. The van der Waals surface area contributed by atoms with Gasteiger partial charge in [-0.3, -0.25) is 4.79 Å².